The van der Waals surface area contributed by atoms with Crippen molar-refractivity contribution in [2.24, 2.45) is 0 Å². The number of aryl methyl sites for hydroxylation is 2. The Labute approximate surface area is 161 Å². The molecule has 0 radical (unpaired) electrons. The predicted octanol–water partition coefficient (Wildman–Crippen LogP) is 3.57. The second-order valence-corrected chi connectivity index (χ2v) is 9.27. The average Bonchev–Trinajstić information content (AvgIpc) is 2.62. The molecule has 1 aliphatic rings. The van der Waals surface area contributed by atoms with E-state index in [2.05, 4.69) is 4.90 Å². The Kier molecular flexibility index (Phi) is 5.70. The average molecular weight is 391 g/mol. The van der Waals surface area contributed by atoms with Crippen molar-refractivity contribution in [1.82, 2.24) is 9.21 Å². The van der Waals surface area contributed by atoms with Gasteiger partial charge < -0.3 is 0 Å². The van der Waals surface area contributed by atoms with Gasteiger partial charge in [0.05, 0.1) is 4.90 Å². The lowest BCUT2D eigenvalue weighted by Gasteiger charge is -2.34. The summed E-state index contributed by atoms with van der Waals surface area (Å²) in [5.41, 5.74) is 4.73. The molecule has 4 nitrogen and oxygen atoms in total. The van der Waals surface area contributed by atoms with Gasteiger partial charge in [-0.3, -0.25) is 4.90 Å². The van der Waals surface area contributed by atoms with E-state index in [-0.39, 0.29) is 5.82 Å². The zero-order valence-corrected chi connectivity index (χ0v) is 17.2. The summed E-state index contributed by atoms with van der Waals surface area (Å²) in [7, 11) is -3.51. The summed E-state index contributed by atoms with van der Waals surface area (Å²) in [6, 6.07) is 8.52. The summed E-state index contributed by atoms with van der Waals surface area (Å²) >= 11 is 0. The van der Waals surface area contributed by atoms with E-state index in [1.807, 2.05) is 33.8 Å². The van der Waals surface area contributed by atoms with Gasteiger partial charge in [-0.05, 0) is 67.6 Å². The number of sulfonamides is 1. The Morgan fingerprint density at radius 2 is 1.41 bits per heavy atom. The standard InChI is InChI=1S/C21H27FN2O2S/c1-15-13-16(2)18(4)21(17(15)3)27(25,26)24-11-9-23(10-12-24)14-19-5-7-20(22)8-6-19/h5-8,13H,9-12,14H2,1-4H3. The molecule has 1 aliphatic heterocycles. The van der Waals surface area contributed by atoms with E-state index in [0.29, 0.717) is 37.6 Å². The molecule has 0 aliphatic carbocycles. The number of piperazine rings is 1. The van der Waals surface area contributed by atoms with E-state index < -0.39 is 10.0 Å². The summed E-state index contributed by atoms with van der Waals surface area (Å²) in [6.07, 6.45) is 0. The summed E-state index contributed by atoms with van der Waals surface area (Å²) in [5.74, 6) is -0.242. The second-order valence-electron chi connectivity index (χ2n) is 7.40. The molecular weight excluding hydrogens is 363 g/mol. The Morgan fingerprint density at radius 1 is 0.889 bits per heavy atom. The molecule has 0 unspecified atom stereocenters. The van der Waals surface area contributed by atoms with Crippen molar-refractivity contribution in [3.05, 3.63) is 64.0 Å². The lowest BCUT2D eigenvalue weighted by Crippen LogP contribution is -2.48. The van der Waals surface area contributed by atoms with Crippen molar-refractivity contribution in [3.63, 3.8) is 0 Å². The van der Waals surface area contributed by atoms with Crippen LogP contribution in [-0.4, -0.2) is 43.8 Å². The molecule has 3 rings (SSSR count). The van der Waals surface area contributed by atoms with Crippen molar-refractivity contribution in [2.45, 2.75) is 39.1 Å². The van der Waals surface area contributed by atoms with E-state index in [1.165, 1.54) is 12.1 Å². The minimum absolute atomic E-state index is 0.242. The zero-order valence-electron chi connectivity index (χ0n) is 16.4. The van der Waals surface area contributed by atoms with Crippen molar-refractivity contribution in [1.29, 1.82) is 0 Å². The first-order valence-electron chi connectivity index (χ1n) is 9.24. The predicted molar refractivity (Wildman–Crippen MR) is 106 cm³/mol. The summed E-state index contributed by atoms with van der Waals surface area (Å²) in [4.78, 5) is 2.67. The van der Waals surface area contributed by atoms with Gasteiger partial charge in [0.1, 0.15) is 5.82 Å². The molecule has 146 valence electrons. The van der Waals surface area contributed by atoms with Crippen molar-refractivity contribution >= 4 is 10.0 Å². The Morgan fingerprint density at radius 3 is 1.93 bits per heavy atom. The number of benzene rings is 2. The number of hydrogen-bond donors (Lipinski definition) is 0. The van der Waals surface area contributed by atoms with Gasteiger partial charge in [-0.2, -0.15) is 4.31 Å². The molecule has 0 atom stereocenters. The normalized spacial score (nSPS) is 16.6. The molecule has 1 fully saturated rings. The first kappa shape index (κ1) is 20.0. The van der Waals surface area contributed by atoms with Crippen LogP contribution in [0.5, 0.6) is 0 Å². The highest BCUT2D eigenvalue weighted by Gasteiger charge is 2.31. The maximum Gasteiger partial charge on any atom is 0.243 e. The molecule has 0 spiro atoms. The topological polar surface area (TPSA) is 40.6 Å². The molecule has 0 N–H and O–H groups in total. The Hall–Kier alpha value is -1.76. The van der Waals surface area contributed by atoms with Crippen LogP contribution in [0.2, 0.25) is 0 Å². The first-order valence-corrected chi connectivity index (χ1v) is 10.7. The molecular formula is C21H27FN2O2S. The molecule has 0 bridgehead atoms. The second kappa shape index (κ2) is 7.70. The number of rotatable bonds is 4. The van der Waals surface area contributed by atoms with Crippen LogP contribution in [0.3, 0.4) is 0 Å². The van der Waals surface area contributed by atoms with Gasteiger partial charge in [0.25, 0.3) is 0 Å². The fourth-order valence-electron chi connectivity index (χ4n) is 3.67. The fraction of sp³-hybridized carbons (Fsp3) is 0.429. The van der Waals surface area contributed by atoms with Crippen LogP contribution in [0, 0.1) is 33.5 Å². The number of hydrogen-bond acceptors (Lipinski definition) is 3. The summed E-state index contributed by atoms with van der Waals surface area (Å²) in [5, 5.41) is 0. The number of nitrogens with zero attached hydrogens (tertiary/aromatic N) is 2. The third kappa shape index (κ3) is 4.08. The van der Waals surface area contributed by atoms with Crippen LogP contribution in [0.25, 0.3) is 0 Å². The molecule has 2 aromatic rings. The van der Waals surface area contributed by atoms with E-state index >= 15 is 0 Å². The lowest BCUT2D eigenvalue weighted by atomic mass is 10.0. The van der Waals surface area contributed by atoms with E-state index in [0.717, 1.165) is 27.8 Å². The van der Waals surface area contributed by atoms with Gasteiger partial charge in [0.2, 0.25) is 10.0 Å². The van der Waals surface area contributed by atoms with E-state index in [4.69, 9.17) is 0 Å². The van der Waals surface area contributed by atoms with Crippen LogP contribution in [0.4, 0.5) is 4.39 Å². The van der Waals surface area contributed by atoms with Crippen molar-refractivity contribution in [3.8, 4) is 0 Å². The Balaban J connectivity index is 1.75. The monoisotopic (exact) mass is 390 g/mol. The Bertz CT molecular complexity index is 905. The van der Waals surface area contributed by atoms with Gasteiger partial charge >= 0.3 is 0 Å². The molecule has 0 amide bonds. The molecule has 1 saturated heterocycles. The van der Waals surface area contributed by atoms with Crippen LogP contribution in [0.15, 0.2) is 35.2 Å². The highest BCUT2D eigenvalue weighted by molar-refractivity contribution is 7.89. The molecule has 2 aromatic carbocycles. The first-order chi connectivity index (χ1) is 12.7. The zero-order chi connectivity index (χ0) is 19.8. The SMILES string of the molecule is Cc1cc(C)c(C)c(S(=O)(=O)N2CCN(Cc3ccc(F)cc3)CC2)c1C. The third-order valence-electron chi connectivity index (χ3n) is 5.55. The van der Waals surface area contributed by atoms with Gasteiger partial charge in [-0.15, -0.1) is 0 Å². The quantitative estimate of drug-likeness (QED) is 0.801. The van der Waals surface area contributed by atoms with Crippen molar-refractivity contribution < 1.29 is 12.8 Å². The van der Waals surface area contributed by atoms with Gasteiger partial charge in [0.15, 0.2) is 0 Å². The minimum Gasteiger partial charge on any atom is -0.296 e. The minimum atomic E-state index is -3.51. The van der Waals surface area contributed by atoms with Gasteiger partial charge in [0, 0.05) is 32.7 Å². The van der Waals surface area contributed by atoms with E-state index in [9.17, 15) is 12.8 Å². The van der Waals surface area contributed by atoms with Gasteiger partial charge in [-0.25, -0.2) is 12.8 Å². The maximum atomic E-state index is 13.3. The van der Waals surface area contributed by atoms with Crippen LogP contribution in [-0.2, 0) is 16.6 Å². The van der Waals surface area contributed by atoms with E-state index in [1.54, 1.807) is 16.4 Å². The third-order valence-corrected chi connectivity index (χ3v) is 7.72. The largest absolute Gasteiger partial charge is 0.296 e. The smallest absolute Gasteiger partial charge is 0.243 e. The number of halogens is 1. The maximum absolute atomic E-state index is 13.3. The highest BCUT2D eigenvalue weighted by atomic mass is 32.2. The van der Waals surface area contributed by atoms with Crippen LogP contribution in [0.1, 0.15) is 27.8 Å². The highest BCUT2D eigenvalue weighted by Crippen LogP contribution is 2.29. The lowest BCUT2D eigenvalue weighted by molar-refractivity contribution is 0.181. The molecule has 0 aromatic heterocycles. The fourth-order valence-corrected chi connectivity index (χ4v) is 5.67. The molecule has 1 heterocycles. The molecule has 6 heteroatoms. The molecule has 0 saturated carbocycles. The van der Waals surface area contributed by atoms with Crippen LogP contribution >= 0.6 is 0 Å². The van der Waals surface area contributed by atoms with Crippen LogP contribution < -0.4 is 0 Å². The van der Waals surface area contributed by atoms with Gasteiger partial charge in [-0.1, -0.05) is 18.2 Å². The summed E-state index contributed by atoms with van der Waals surface area (Å²) < 4.78 is 41.2. The summed E-state index contributed by atoms with van der Waals surface area (Å²) in [6.45, 7) is 10.7. The van der Waals surface area contributed by atoms with Crippen molar-refractivity contribution in [2.75, 3.05) is 26.2 Å². The molecule has 27 heavy (non-hydrogen) atoms.